The maximum absolute atomic E-state index is 13.1. The van der Waals surface area contributed by atoms with Crippen molar-refractivity contribution < 1.29 is 9.59 Å². The molecule has 1 aromatic carbocycles. The SMILES string of the molecule is CC(=O)NC(CC(=O)N1CCNCC1c1cccnc1)c1ccccc1. The van der Waals surface area contributed by atoms with Gasteiger partial charge in [0.05, 0.1) is 18.5 Å². The topological polar surface area (TPSA) is 74.3 Å². The highest BCUT2D eigenvalue weighted by Crippen LogP contribution is 2.25. The standard InChI is InChI=1S/C20H24N4O2/c1-15(25)23-18(16-6-3-2-4-7-16)12-20(26)24-11-10-22-14-19(24)17-8-5-9-21-13-17/h2-9,13,18-19,22H,10-12,14H2,1H3,(H,23,25). The van der Waals surface area contributed by atoms with Crippen LogP contribution in [0.4, 0.5) is 0 Å². The van der Waals surface area contributed by atoms with Crippen LogP contribution in [-0.2, 0) is 9.59 Å². The molecular formula is C20H24N4O2. The van der Waals surface area contributed by atoms with Gasteiger partial charge in [-0.05, 0) is 17.2 Å². The zero-order valence-electron chi connectivity index (χ0n) is 14.9. The van der Waals surface area contributed by atoms with Crippen LogP contribution in [0.5, 0.6) is 0 Å². The molecule has 0 spiro atoms. The lowest BCUT2D eigenvalue weighted by Gasteiger charge is -2.37. The van der Waals surface area contributed by atoms with Crippen molar-refractivity contribution in [2.75, 3.05) is 19.6 Å². The van der Waals surface area contributed by atoms with Crippen molar-refractivity contribution in [1.82, 2.24) is 20.5 Å². The van der Waals surface area contributed by atoms with E-state index in [2.05, 4.69) is 15.6 Å². The van der Waals surface area contributed by atoms with Gasteiger partial charge in [-0.1, -0.05) is 36.4 Å². The largest absolute Gasteiger partial charge is 0.349 e. The third kappa shape index (κ3) is 4.46. The summed E-state index contributed by atoms with van der Waals surface area (Å²) < 4.78 is 0. The maximum Gasteiger partial charge on any atom is 0.225 e. The van der Waals surface area contributed by atoms with Crippen molar-refractivity contribution in [3.63, 3.8) is 0 Å². The summed E-state index contributed by atoms with van der Waals surface area (Å²) in [5.74, 6) is -0.112. The fraction of sp³-hybridized carbons (Fsp3) is 0.350. The fourth-order valence-electron chi connectivity index (χ4n) is 3.35. The Hall–Kier alpha value is -2.73. The summed E-state index contributed by atoms with van der Waals surface area (Å²) >= 11 is 0. The van der Waals surface area contributed by atoms with E-state index in [0.29, 0.717) is 13.1 Å². The zero-order chi connectivity index (χ0) is 18.4. The molecule has 26 heavy (non-hydrogen) atoms. The van der Waals surface area contributed by atoms with Crippen molar-refractivity contribution >= 4 is 11.8 Å². The van der Waals surface area contributed by atoms with E-state index >= 15 is 0 Å². The number of amides is 2. The average Bonchev–Trinajstić information content (AvgIpc) is 2.68. The second-order valence-corrected chi connectivity index (χ2v) is 6.46. The van der Waals surface area contributed by atoms with E-state index in [1.54, 1.807) is 12.4 Å². The highest BCUT2D eigenvalue weighted by molar-refractivity contribution is 5.79. The maximum atomic E-state index is 13.1. The van der Waals surface area contributed by atoms with Gasteiger partial charge >= 0.3 is 0 Å². The number of hydrogen-bond donors (Lipinski definition) is 2. The van der Waals surface area contributed by atoms with Gasteiger partial charge in [0.2, 0.25) is 11.8 Å². The first-order chi connectivity index (χ1) is 12.6. The predicted octanol–water partition coefficient (Wildman–Crippen LogP) is 1.82. The van der Waals surface area contributed by atoms with Crippen LogP contribution in [0, 0.1) is 0 Å². The Labute approximate surface area is 153 Å². The van der Waals surface area contributed by atoms with Gasteiger partial charge in [-0.2, -0.15) is 0 Å². The van der Waals surface area contributed by atoms with Crippen LogP contribution in [0.1, 0.15) is 36.6 Å². The van der Waals surface area contributed by atoms with Gasteiger partial charge in [0.1, 0.15) is 0 Å². The van der Waals surface area contributed by atoms with Crippen LogP contribution in [0.3, 0.4) is 0 Å². The molecule has 1 fully saturated rings. The van der Waals surface area contributed by atoms with Crippen molar-refractivity contribution in [2.24, 2.45) is 0 Å². The number of nitrogens with one attached hydrogen (secondary N) is 2. The third-order valence-corrected chi connectivity index (χ3v) is 4.59. The highest BCUT2D eigenvalue weighted by atomic mass is 16.2. The lowest BCUT2D eigenvalue weighted by atomic mass is 10.0. The molecule has 2 N–H and O–H groups in total. The molecule has 6 heteroatoms. The molecule has 0 radical (unpaired) electrons. The quantitative estimate of drug-likeness (QED) is 0.861. The zero-order valence-corrected chi connectivity index (χ0v) is 14.9. The van der Waals surface area contributed by atoms with E-state index < -0.39 is 0 Å². The van der Waals surface area contributed by atoms with Crippen LogP contribution in [0.25, 0.3) is 0 Å². The van der Waals surface area contributed by atoms with E-state index in [-0.39, 0.29) is 30.3 Å². The smallest absolute Gasteiger partial charge is 0.225 e. The molecule has 136 valence electrons. The molecule has 2 atom stereocenters. The molecule has 2 amide bonds. The molecule has 2 aromatic rings. The first-order valence-corrected chi connectivity index (χ1v) is 8.87. The van der Waals surface area contributed by atoms with Crippen LogP contribution < -0.4 is 10.6 Å². The van der Waals surface area contributed by atoms with Gasteiger partial charge in [-0.25, -0.2) is 0 Å². The number of benzene rings is 1. The first kappa shape index (κ1) is 18.1. The Kier molecular flexibility index (Phi) is 5.96. The van der Waals surface area contributed by atoms with Crippen LogP contribution in [0.2, 0.25) is 0 Å². The summed E-state index contributed by atoms with van der Waals surface area (Å²) in [6.45, 7) is 3.58. The second kappa shape index (κ2) is 8.58. The van der Waals surface area contributed by atoms with Crippen molar-refractivity contribution in [2.45, 2.75) is 25.4 Å². The Balaban J connectivity index is 1.78. The molecule has 3 rings (SSSR count). The van der Waals surface area contributed by atoms with E-state index in [4.69, 9.17) is 0 Å². The molecule has 1 aliphatic heterocycles. The van der Waals surface area contributed by atoms with Gasteiger partial charge in [-0.15, -0.1) is 0 Å². The van der Waals surface area contributed by atoms with Gasteiger partial charge in [0.25, 0.3) is 0 Å². The second-order valence-electron chi connectivity index (χ2n) is 6.46. The molecule has 1 aliphatic rings. The summed E-state index contributed by atoms with van der Waals surface area (Å²) in [5, 5.41) is 6.25. The minimum Gasteiger partial charge on any atom is -0.349 e. The number of pyridine rings is 1. The molecule has 0 bridgehead atoms. The normalized spacial score (nSPS) is 18.2. The molecular weight excluding hydrogens is 328 g/mol. The van der Waals surface area contributed by atoms with Gasteiger partial charge in [0.15, 0.2) is 0 Å². The van der Waals surface area contributed by atoms with E-state index in [0.717, 1.165) is 17.7 Å². The summed E-state index contributed by atoms with van der Waals surface area (Å²) in [6, 6.07) is 13.1. The number of piperazine rings is 1. The molecule has 0 saturated carbocycles. The minimum atomic E-state index is -0.328. The Morgan fingerprint density at radius 2 is 2.08 bits per heavy atom. The Bertz CT molecular complexity index is 736. The summed E-state index contributed by atoms with van der Waals surface area (Å²) in [6.07, 6.45) is 3.77. The van der Waals surface area contributed by atoms with Gasteiger partial charge in [0, 0.05) is 39.0 Å². The number of nitrogens with zero attached hydrogens (tertiary/aromatic N) is 2. The van der Waals surface area contributed by atoms with Gasteiger partial charge < -0.3 is 15.5 Å². The molecule has 2 heterocycles. The number of carbonyl (C=O) groups excluding carboxylic acids is 2. The third-order valence-electron chi connectivity index (χ3n) is 4.59. The first-order valence-electron chi connectivity index (χ1n) is 8.87. The van der Waals surface area contributed by atoms with Crippen molar-refractivity contribution in [3.05, 3.63) is 66.0 Å². The number of hydrogen-bond acceptors (Lipinski definition) is 4. The monoisotopic (exact) mass is 352 g/mol. The van der Waals surface area contributed by atoms with Gasteiger partial charge in [-0.3, -0.25) is 14.6 Å². The fourth-order valence-corrected chi connectivity index (χ4v) is 3.35. The molecule has 0 aliphatic carbocycles. The average molecular weight is 352 g/mol. The van der Waals surface area contributed by atoms with E-state index in [1.165, 1.54) is 6.92 Å². The summed E-state index contributed by atoms with van der Waals surface area (Å²) in [4.78, 5) is 30.8. The lowest BCUT2D eigenvalue weighted by Crippen LogP contribution is -2.49. The molecule has 2 unspecified atom stereocenters. The minimum absolute atomic E-state index is 0.0305. The predicted molar refractivity (Wildman–Crippen MR) is 99.2 cm³/mol. The van der Waals surface area contributed by atoms with Crippen molar-refractivity contribution in [3.8, 4) is 0 Å². The molecule has 6 nitrogen and oxygen atoms in total. The van der Waals surface area contributed by atoms with Crippen LogP contribution in [0.15, 0.2) is 54.9 Å². The Morgan fingerprint density at radius 1 is 1.27 bits per heavy atom. The summed E-state index contributed by atoms with van der Waals surface area (Å²) in [7, 11) is 0. The van der Waals surface area contributed by atoms with E-state index in [9.17, 15) is 9.59 Å². The summed E-state index contributed by atoms with van der Waals surface area (Å²) in [5.41, 5.74) is 1.95. The van der Waals surface area contributed by atoms with Crippen LogP contribution >= 0.6 is 0 Å². The molecule has 1 saturated heterocycles. The molecule has 1 aromatic heterocycles. The highest BCUT2D eigenvalue weighted by Gasteiger charge is 2.30. The van der Waals surface area contributed by atoms with E-state index in [1.807, 2.05) is 47.4 Å². The number of rotatable bonds is 5. The van der Waals surface area contributed by atoms with Crippen LogP contribution in [-0.4, -0.2) is 41.3 Å². The van der Waals surface area contributed by atoms with Crippen molar-refractivity contribution in [1.29, 1.82) is 0 Å². The lowest BCUT2D eigenvalue weighted by molar-refractivity contribution is -0.135. The number of aromatic nitrogens is 1. The Morgan fingerprint density at radius 3 is 2.77 bits per heavy atom. The number of carbonyl (C=O) groups is 2.